The lowest BCUT2D eigenvalue weighted by atomic mass is 10.1. The molecule has 0 fully saturated rings. The number of phenolic OH excluding ortho intramolecular Hbond substituents is 1. The number of carbonyl (C=O) groups is 1. The lowest BCUT2D eigenvalue weighted by molar-refractivity contribution is 0.105. The Morgan fingerprint density at radius 1 is 1.19 bits per heavy atom. The van der Waals surface area contributed by atoms with Gasteiger partial charge in [0.05, 0.1) is 7.11 Å². The Bertz CT molecular complexity index is 709. The Kier molecular flexibility index (Phi) is 4.91. The number of ketones is 1. The molecule has 0 saturated carbocycles. The van der Waals surface area contributed by atoms with Gasteiger partial charge in [0, 0.05) is 16.0 Å². The number of benzene rings is 2. The molecular formula is C17H14O3S. The first kappa shape index (κ1) is 15.0. The number of ether oxygens (including phenoxy) is 1. The minimum atomic E-state index is -0.345. The quantitative estimate of drug-likeness (QED) is 0.536. The number of aromatic hydroxyl groups is 1. The van der Waals surface area contributed by atoms with Gasteiger partial charge >= 0.3 is 0 Å². The number of thioether (sulfide) groups is 1. The van der Waals surface area contributed by atoms with Crippen molar-refractivity contribution in [1.29, 1.82) is 0 Å². The molecule has 21 heavy (non-hydrogen) atoms. The van der Waals surface area contributed by atoms with Gasteiger partial charge in [0.2, 0.25) is 5.78 Å². The maximum atomic E-state index is 12.0. The standard InChI is InChI=1S/C17H14O3S/c1-20-17-10-6-13(11-16(17)19)15(18)9-5-12-3-7-14(21-2)8-4-12/h3-4,6-8,10-11,19H,1-2H3. The van der Waals surface area contributed by atoms with Gasteiger partial charge in [-0.2, -0.15) is 0 Å². The molecule has 2 aromatic carbocycles. The summed E-state index contributed by atoms with van der Waals surface area (Å²) in [5.41, 5.74) is 1.11. The van der Waals surface area contributed by atoms with Gasteiger partial charge in [-0.15, -0.1) is 11.8 Å². The van der Waals surface area contributed by atoms with E-state index in [1.54, 1.807) is 17.8 Å². The first-order chi connectivity index (χ1) is 10.1. The molecule has 0 aliphatic heterocycles. The Labute approximate surface area is 128 Å². The highest BCUT2D eigenvalue weighted by atomic mass is 32.2. The number of hydrogen-bond donors (Lipinski definition) is 1. The van der Waals surface area contributed by atoms with Gasteiger partial charge in [-0.25, -0.2) is 0 Å². The highest BCUT2D eigenvalue weighted by molar-refractivity contribution is 7.98. The third kappa shape index (κ3) is 3.80. The van der Waals surface area contributed by atoms with Crippen LogP contribution in [0.4, 0.5) is 0 Å². The maximum Gasteiger partial charge on any atom is 0.236 e. The van der Waals surface area contributed by atoms with Crippen molar-refractivity contribution in [1.82, 2.24) is 0 Å². The van der Waals surface area contributed by atoms with E-state index in [1.807, 2.05) is 30.5 Å². The van der Waals surface area contributed by atoms with Crippen LogP contribution in [0.3, 0.4) is 0 Å². The first-order valence-electron chi connectivity index (χ1n) is 6.21. The fraction of sp³-hybridized carbons (Fsp3) is 0.118. The van der Waals surface area contributed by atoms with Gasteiger partial charge in [0.15, 0.2) is 11.5 Å². The number of rotatable bonds is 3. The third-order valence-corrected chi connectivity index (χ3v) is 3.59. The first-order valence-corrected chi connectivity index (χ1v) is 7.44. The van der Waals surface area contributed by atoms with Crippen molar-refractivity contribution >= 4 is 17.5 Å². The van der Waals surface area contributed by atoms with E-state index in [0.717, 1.165) is 10.5 Å². The highest BCUT2D eigenvalue weighted by Gasteiger charge is 2.07. The van der Waals surface area contributed by atoms with Crippen molar-refractivity contribution in [3.8, 4) is 23.3 Å². The normalized spacial score (nSPS) is 9.62. The smallest absolute Gasteiger partial charge is 0.236 e. The molecule has 0 amide bonds. The fourth-order valence-corrected chi connectivity index (χ4v) is 2.11. The summed E-state index contributed by atoms with van der Waals surface area (Å²) in [5.74, 6) is 5.30. The van der Waals surface area contributed by atoms with Crippen LogP contribution >= 0.6 is 11.8 Å². The molecule has 0 spiro atoms. The fourth-order valence-electron chi connectivity index (χ4n) is 1.71. The average Bonchev–Trinajstić information content (AvgIpc) is 2.53. The maximum absolute atomic E-state index is 12.0. The lowest BCUT2D eigenvalue weighted by Gasteiger charge is -2.03. The number of hydrogen-bond acceptors (Lipinski definition) is 4. The van der Waals surface area contributed by atoms with Gasteiger partial charge in [-0.05, 0) is 54.6 Å². The summed E-state index contributed by atoms with van der Waals surface area (Å²) >= 11 is 1.65. The van der Waals surface area contributed by atoms with Crippen LogP contribution in [-0.2, 0) is 0 Å². The van der Waals surface area contributed by atoms with Gasteiger partial charge < -0.3 is 9.84 Å². The van der Waals surface area contributed by atoms with E-state index in [0.29, 0.717) is 11.3 Å². The van der Waals surface area contributed by atoms with E-state index in [4.69, 9.17) is 4.74 Å². The Morgan fingerprint density at radius 2 is 1.90 bits per heavy atom. The third-order valence-electron chi connectivity index (χ3n) is 2.85. The minimum absolute atomic E-state index is 0.0746. The molecule has 0 atom stereocenters. The molecular weight excluding hydrogens is 284 g/mol. The van der Waals surface area contributed by atoms with E-state index in [9.17, 15) is 9.90 Å². The van der Waals surface area contributed by atoms with Crippen molar-refractivity contribution in [3.63, 3.8) is 0 Å². The van der Waals surface area contributed by atoms with Crippen LogP contribution in [-0.4, -0.2) is 24.3 Å². The SMILES string of the molecule is COc1ccc(C(=O)C#Cc2ccc(SC)cc2)cc1O. The second-order valence-electron chi connectivity index (χ2n) is 4.19. The molecule has 106 valence electrons. The molecule has 0 radical (unpaired) electrons. The summed E-state index contributed by atoms with van der Waals surface area (Å²) in [4.78, 5) is 13.1. The molecule has 2 rings (SSSR count). The van der Waals surface area contributed by atoms with Crippen molar-refractivity contribution in [3.05, 3.63) is 53.6 Å². The summed E-state index contributed by atoms with van der Waals surface area (Å²) in [6.45, 7) is 0. The topological polar surface area (TPSA) is 46.5 Å². The zero-order chi connectivity index (χ0) is 15.2. The second-order valence-corrected chi connectivity index (χ2v) is 5.07. The van der Waals surface area contributed by atoms with Crippen LogP contribution in [0.2, 0.25) is 0 Å². The van der Waals surface area contributed by atoms with Crippen molar-refractivity contribution < 1.29 is 14.6 Å². The monoisotopic (exact) mass is 298 g/mol. The van der Waals surface area contributed by atoms with Gasteiger partial charge in [-0.3, -0.25) is 4.79 Å². The Morgan fingerprint density at radius 3 is 2.48 bits per heavy atom. The average molecular weight is 298 g/mol. The molecule has 0 heterocycles. The Hall–Kier alpha value is -2.38. The summed E-state index contributed by atoms with van der Waals surface area (Å²) < 4.78 is 4.93. The molecule has 0 aromatic heterocycles. The molecule has 0 aliphatic rings. The van der Waals surface area contributed by atoms with E-state index >= 15 is 0 Å². The van der Waals surface area contributed by atoms with Crippen LogP contribution in [0.5, 0.6) is 11.5 Å². The zero-order valence-corrected chi connectivity index (χ0v) is 12.5. The molecule has 0 unspecified atom stereocenters. The van der Waals surface area contributed by atoms with Crippen LogP contribution in [0.15, 0.2) is 47.4 Å². The van der Waals surface area contributed by atoms with E-state index in [-0.39, 0.29) is 11.5 Å². The van der Waals surface area contributed by atoms with Crippen LogP contribution in [0.25, 0.3) is 0 Å². The summed E-state index contributed by atoms with van der Waals surface area (Å²) in [6.07, 6.45) is 2.00. The summed E-state index contributed by atoms with van der Waals surface area (Å²) in [7, 11) is 1.45. The number of carbonyl (C=O) groups excluding carboxylic acids is 1. The van der Waals surface area contributed by atoms with Crippen LogP contribution < -0.4 is 4.74 Å². The van der Waals surface area contributed by atoms with Crippen molar-refractivity contribution in [2.75, 3.05) is 13.4 Å². The molecule has 4 heteroatoms. The minimum Gasteiger partial charge on any atom is -0.504 e. The molecule has 1 N–H and O–H groups in total. The van der Waals surface area contributed by atoms with Crippen LogP contribution in [0.1, 0.15) is 15.9 Å². The van der Waals surface area contributed by atoms with Crippen molar-refractivity contribution in [2.24, 2.45) is 0 Å². The molecule has 0 saturated heterocycles. The largest absolute Gasteiger partial charge is 0.504 e. The lowest BCUT2D eigenvalue weighted by Crippen LogP contribution is -1.95. The van der Waals surface area contributed by atoms with Crippen molar-refractivity contribution in [2.45, 2.75) is 4.90 Å². The van der Waals surface area contributed by atoms with Crippen LogP contribution in [0, 0.1) is 11.8 Å². The number of phenols is 1. The molecule has 0 aliphatic carbocycles. The second kappa shape index (κ2) is 6.87. The summed E-state index contributed by atoms with van der Waals surface area (Å²) in [6, 6.07) is 12.1. The predicted molar refractivity (Wildman–Crippen MR) is 84.1 cm³/mol. The predicted octanol–water partition coefficient (Wildman–Crippen LogP) is 3.36. The van der Waals surface area contributed by atoms with Gasteiger partial charge in [0.1, 0.15) is 0 Å². The highest BCUT2D eigenvalue weighted by Crippen LogP contribution is 2.26. The molecule has 0 bridgehead atoms. The Balaban J connectivity index is 2.17. The van der Waals surface area contributed by atoms with E-state index < -0.39 is 0 Å². The molecule has 2 aromatic rings. The van der Waals surface area contributed by atoms with Gasteiger partial charge in [0.25, 0.3) is 0 Å². The van der Waals surface area contributed by atoms with Gasteiger partial charge in [-0.1, -0.05) is 5.92 Å². The zero-order valence-electron chi connectivity index (χ0n) is 11.7. The summed E-state index contributed by atoms with van der Waals surface area (Å²) in [5, 5.41) is 9.66. The van der Waals surface area contributed by atoms with E-state index in [2.05, 4.69) is 11.8 Å². The number of Topliss-reactive ketones (excluding diaryl/α,β-unsaturated/α-hetero) is 1. The number of methoxy groups -OCH3 is 1. The van der Waals surface area contributed by atoms with E-state index in [1.165, 1.54) is 19.2 Å². The molecule has 3 nitrogen and oxygen atoms in total.